The number of carbonyl (C=O) groups excluding carboxylic acids is 1. The lowest BCUT2D eigenvalue weighted by molar-refractivity contribution is -0.133. The van der Waals surface area contributed by atoms with Gasteiger partial charge in [-0.05, 0) is 83.5 Å². The fourth-order valence-electron chi connectivity index (χ4n) is 4.22. The van der Waals surface area contributed by atoms with Gasteiger partial charge in [-0.15, -0.1) is 0 Å². The van der Waals surface area contributed by atoms with Crippen LogP contribution in [0.2, 0.25) is 0 Å². The Balaban J connectivity index is 2.07. The van der Waals surface area contributed by atoms with E-state index in [-0.39, 0.29) is 5.97 Å². The number of aryl methyl sites for hydroxylation is 2. The Bertz CT molecular complexity index is 940. The largest absolute Gasteiger partial charge is 0.402 e. The molecule has 0 radical (unpaired) electrons. The summed E-state index contributed by atoms with van der Waals surface area (Å²) in [6.07, 6.45) is 9.88. The van der Waals surface area contributed by atoms with E-state index < -0.39 is 10.3 Å². The van der Waals surface area contributed by atoms with Gasteiger partial charge in [-0.3, -0.25) is 4.79 Å². The van der Waals surface area contributed by atoms with Crippen molar-refractivity contribution in [2.45, 2.75) is 93.2 Å². The highest BCUT2D eigenvalue weighted by atomic mass is 32.3. The molecule has 0 atom stereocenters. The molecule has 34 heavy (non-hydrogen) atoms. The van der Waals surface area contributed by atoms with Crippen LogP contribution in [-0.2, 0) is 21.8 Å². The van der Waals surface area contributed by atoms with Crippen LogP contribution in [-0.4, -0.2) is 5.97 Å². The summed E-state index contributed by atoms with van der Waals surface area (Å²) >= 11 is 0. The number of hydrogen-bond donors (Lipinski definition) is 0. The topological polar surface area (TPSA) is 26.3 Å². The van der Waals surface area contributed by atoms with E-state index in [0.29, 0.717) is 6.42 Å². The third-order valence-electron chi connectivity index (χ3n) is 6.23. The van der Waals surface area contributed by atoms with Crippen LogP contribution in [0.1, 0.15) is 76.8 Å². The van der Waals surface area contributed by atoms with Crippen molar-refractivity contribution in [1.29, 1.82) is 0 Å². The van der Waals surface area contributed by atoms with E-state index in [1.165, 1.54) is 49.7 Å². The molecule has 0 fully saturated rings. The van der Waals surface area contributed by atoms with Gasteiger partial charge in [-0.2, -0.15) is 0 Å². The highest BCUT2D eigenvalue weighted by molar-refractivity contribution is 8.30. The molecule has 0 aliphatic carbocycles. The molecule has 0 spiro atoms. The molecule has 0 aromatic heterocycles. The molecule has 0 aliphatic rings. The highest BCUT2D eigenvalue weighted by Crippen LogP contribution is 2.69. The van der Waals surface area contributed by atoms with Crippen molar-refractivity contribution in [2.24, 2.45) is 0 Å². The second-order valence-corrected chi connectivity index (χ2v) is 11.6. The predicted octanol–water partition coefficient (Wildman–Crippen LogP) is 9.30. The summed E-state index contributed by atoms with van der Waals surface area (Å²) < 4.78 is 6.47. The van der Waals surface area contributed by atoms with Gasteiger partial charge in [0, 0.05) is 21.1 Å². The molecule has 0 amide bonds. The first-order valence-corrected chi connectivity index (χ1v) is 14.5. The molecule has 0 unspecified atom stereocenters. The molecule has 3 rings (SSSR count). The quantitative estimate of drug-likeness (QED) is 0.230. The number of benzene rings is 3. The van der Waals surface area contributed by atoms with Crippen LogP contribution < -0.4 is 0 Å². The van der Waals surface area contributed by atoms with Gasteiger partial charge >= 0.3 is 5.97 Å². The monoisotopic (exact) mass is 476 g/mol. The first-order chi connectivity index (χ1) is 16.6. The fourth-order valence-corrected chi connectivity index (χ4v) is 7.30. The third kappa shape index (κ3) is 6.54. The average molecular weight is 477 g/mol. The summed E-state index contributed by atoms with van der Waals surface area (Å²) in [5, 5.41) is 0. The van der Waals surface area contributed by atoms with Crippen LogP contribution >= 0.6 is 10.3 Å². The second kappa shape index (κ2) is 13.4. The molecule has 0 saturated heterocycles. The van der Waals surface area contributed by atoms with Crippen molar-refractivity contribution in [3.05, 3.63) is 90.0 Å². The first-order valence-electron chi connectivity index (χ1n) is 12.9. The Morgan fingerprint density at radius 2 is 1.06 bits per heavy atom. The lowest BCUT2D eigenvalue weighted by atomic mass is 10.1. The summed E-state index contributed by atoms with van der Waals surface area (Å²) in [6, 6.07) is 27.9. The van der Waals surface area contributed by atoms with Crippen LogP contribution in [0.25, 0.3) is 0 Å². The van der Waals surface area contributed by atoms with E-state index >= 15 is 0 Å². The SMILES string of the molecule is CCCCCc1ccc(S(OC(=O)CC)(c2ccccc2)c2ccc(CCCCC)cc2)cc1. The van der Waals surface area contributed by atoms with E-state index in [4.69, 9.17) is 4.18 Å². The van der Waals surface area contributed by atoms with Crippen molar-refractivity contribution < 1.29 is 8.98 Å². The molecule has 0 saturated carbocycles. The van der Waals surface area contributed by atoms with E-state index in [9.17, 15) is 4.79 Å². The number of unbranched alkanes of at least 4 members (excludes halogenated alkanes) is 4. The van der Waals surface area contributed by atoms with Gasteiger partial charge < -0.3 is 4.18 Å². The van der Waals surface area contributed by atoms with Crippen molar-refractivity contribution in [2.75, 3.05) is 0 Å². The van der Waals surface area contributed by atoms with Gasteiger partial charge in [0.05, 0.1) is 0 Å². The molecule has 2 nitrogen and oxygen atoms in total. The zero-order valence-corrected chi connectivity index (χ0v) is 21.9. The van der Waals surface area contributed by atoms with Gasteiger partial charge in [0.25, 0.3) is 0 Å². The van der Waals surface area contributed by atoms with Crippen molar-refractivity contribution in [1.82, 2.24) is 0 Å². The van der Waals surface area contributed by atoms with Gasteiger partial charge in [-0.1, -0.05) is 88.9 Å². The predicted molar refractivity (Wildman–Crippen MR) is 145 cm³/mol. The smallest absolute Gasteiger partial charge is 0.316 e. The average Bonchev–Trinajstić information content (AvgIpc) is 2.89. The molecule has 0 bridgehead atoms. The zero-order valence-electron chi connectivity index (χ0n) is 21.1. The van der Waals surface area contributed by atoms with E-state index in [2.05, 4.69) is 74.5 Å². The maximum Gasteiger partial charge on any atom is 0.316 e. The Labute approximate surface area is 208 Å². The van der Waals surface area contributed by atoms with Crippen LogP contribution in [0, 0.1) is 0 Å². The minimum atomic E-state index is -2.18. The van der Waals surface area contributed by atoms with Gasteiger partial charge in [-0.25, -0.2) is 0 Å². The summed E-state index contributed by atoms with van der Waals surface area (Å²) in [6.45, 7) is 6.33. The lowest BCUT2D eigenvalue weighted by Gasteiger charge is -2.40. The maximum absolute atomic E-state index is 12.8. The van der Waals surface area contributed by atoms with Crippen LogP contribution in [0.15, 0.2) is 93.5 Å². The molecule has 3 heteroatoms. The second-order valence-electron chi connectivity index (χ2n) is 8.88. The van der Waals surface area contributed by atoms with Gasteiger partial charge in [0.15, 0.2) is 0 Å². The van der Waals surface area contributed by atoms with Gasteiger partial charge in [0.1, 0.15) is 0 Å². The molecule has 0 aliphatic heterocycles. The van der Waals surface area contributed by atoms with Crippen LogP contribution in [0.5, 0.6) is 0 Å². The molecule has 182 valence electrons. The van der Waals surface area contributed by atoms with Crippen molar-refractivity contribution >= 4 is 16.3 Å². The van der Waals surface area contributed by atoms with Crippen LogP contribution in [0.4, 0.5) is 0 Å². The minimum absolute atomic E-state index is 0.169. The molecule has 0 N–H and O–H groups in total. The van der Waals surface area contributed by atoms with Crippen molar-refractivity contribution in [3.8, 4) is 0 Å². The van der Waals surface area contributed by atoms with Crippen LogP contribution in [0.3, 0.4) is 0 Å². The lowest BCUT2D eigenvalue weighted by Crippen LogP contribution is -2.13. The standard InChI is InChI=1S/C31H40O2S/c1-4-7-10-14-26-18-22-29(23-19-26)34(33-31(32)6-3,28-16-12-9-13-17-28)30-24-20-27(21-25-30)15-11-8-5-2/h9,12-13,16-25H,4-8,10-11,14-15H2,1-3H3. The van der Waals surface area contributed by atoms with E-state index in [1.54, 1.807) is 0 Å². The summed E-state index contributed by atoms with van der Waals surface area (Å²) in [5.41, 5.74) is 2.68. The number of hydrogen-bond acceptors (Lipinski definition) is 2. The van der Waals surface area contributed by atoms with Crippen molar-refractivity contribution in [3.63, 3.8) is 0 Å². The summed E-state index contributed by atoms with van der Waals surface area (Å²) in [7, 11) is -2.18. The molecule has 3 aromatic rings. The Morgan fingerprint density at radius 1 is 0.618 bits per heavy atom. The zero-order chi connectivity index (χ0) is 24.2. The first kappa shape index (κ1) is 26.1. The number of carbonyl (C=O) groups is 1. The Kier molecular flexibility index (Phi) is 10.3. The van der Waals surface area contributed by atoms with E-state index in [0.717, 1.165) is 27.5 Å². The van der Waals surface area contributed by atoms with Gasteiger partial charge in [0.2, 0.25) is 0 Å². The highest BCUT2D eigenvalue weighted by Gasteiger charge is 2.35. The molecular weight excluding hydrogens is 436 g/mol. The third-order valence-corrected chi connectivity index (χ3v) is 9.47. The minimum Gasteiger partial charge on any atom is -0.402 e. The molecule has 3 aromatic carbocycles. The normalized spacial score (nSPS) is 11.9. The molecule has 0 heterocycles. The molecular formula is C31H40O2S. The summed E-state index contributed by atoms with van der Waals surface area (Å²) in [4.78, 5) is 16.0. The number of rotatable bonds is 13. The summed E-state index contributed by atoms with van der Waals surface area (Å²) in [5.74, 6) is -0.169. The fraction of sp³-hybridized carbons (Fsp3) is 0.387. The van der Waals surface area contributed by atoms with E-state index in [1.807, 2.05) is 25.1 Å². The Morgan fingerprint density at radius 3 is 1.47 bits per heavy atom. The Hall–Kier alpha value is -2.52. The maximum atomic E-state index is 12.8.